The minimum atomic E-state index is -0.532. The lowest BCUT2D eigenvalue weighted by Gasteiger charge is -2.47. The van der Waals surface area contributed by atoms with Gasteiger partial charge in [-0.2, -0.15) is 0 Å². The molecule has 0 aliphatic carbocycles. The minimum Gasteiger partial charge on any atom is -0.334 e. The van der Waals surface area contributed by atoms with Crippen LogP contribution in [0.15, 0.2) is 24.3 Å². The number of carbonyl (C=O) groups excluding carboxylic acids is 3. The molecule has 2 atom stereocenters. The summed E-state index contributed by atoms with van der Waals surface area (Å²) in [7, 11) is 0. The number of amides is 3. The molecule has 3 aliphatic heterocycles. The Morgan fingerprint density at radius 2 is 1.92 bits per heavy atom. The topological polar surface area (TPSA) is 60.9 Å². The van der Waals surface area contributed by atoms with Crippen molar-refractivity contribution < 1.29 is 14.4 Å². The summed E-state index contributed by atoms with van der Waals surface area (Å²) in [5.41, 5.74) is 1.66. The quantitative estimate of drug-likeness (QED) is 0.746. The zero-order chi connectivity index (χ0) is 16.8. The first-order valence-electron chi connectivity index (χ1n) is 8.11. The number of benzene rings is 1. The molecular weight excluding hydrogens is 326 g/mol. The van der Waals surface area contributed by atoms with Crippen LogP contribution in [0.25, 0.3) is 0 Å². The van der Waals surface area contributed by atoms with Gasteiger partial charge in [0.2, 0.25) is 11.8 Å². The number of rotatable bonds is 1. The second-order valence-electron chi connectivity index (χ2n) is 6.49. The molecule has 6 nitrogen and oxygen atoms in total. The van der Waals surface area contributed by atoms with Crippen LogP contribution < -0.4 is 0 Å². The standard InChI is InChI=1S/C17H19N3O3S/c1-11-3-2-4-12(7-11)15(21)18-5-6-19-13(8-18)16(22)20-10-24-9-14(20)17(19)23/h2-4,7,13-14H,5-6,8-10H2,1H3. The van der Waals surface area contributed by atoms with E-state index < -0.39 is 6.04 Å². The number of hydrogen-bond donors (Lipinski definition) is 0. The lowest BCUT2D eigenvalue weighted by atomic mass is 10.0. The molecular formula is C17H19N3O3S. The number of aryl methyl sites for hydroxylation is 1. The predicted molar refractivity (Wildman–Crippen MR) is 90.5 cm³/mol. The third-order valence-corrected chi connectivity index (χ3v) is 5.96. The molecule has 1 aromatic carbocycles. The second-order valence-corrected chi connectivity index (χ2v) is 7.49. The minimum absolute atomic E-state index is 0.0219. The van der Waals surface area contributed by atoms with Gasteiger partial charge < -0.3 is 14.7 Å². The third-order valence-electron chi connectivity index (χ3n) is 4.95. The number of carbonyl (C=O) groups is 3. The van der Waals surface area contributed by atoms with Gasteiger partial charge in [0.1, 0.15) is 12.1 Å². The molecule has 2 unspecified atom stereocenters. The van der Waals surface area contributed by atoms with Crippen LogP contribution in [0.4, 0.5) is 0 Å². The van der Waals surface area contributed by atoms with Crippen molar-refractivity contribution in [3.63, 3.8) is 0 Å². The van der Waals surface area contributed by atoms with Crippen LogP contribution in [-0.2, 0) is 9.59 Å². The van der Waals surface area contributed by atoms with Crippen LogP contribution in [0.3, 0.4) is 0 Å². The highest BCUT2D eigenvalue weighted by Crippen LogP contribution is 2.30. The predicted octanol–water partition coefficient (Wildman–Crippen LogP) is 0.563. The van der Waals surface area contributed by atoms with Crippen molar-refractivity contribution in [2.45, 2.75) is 19.0 Å². The highest BCUT2D eigenvalue weighted by atomic mass is 32.2. The van der Waals surface area contributed by atoms with E-state index in [1.807, 2.05) is 25.1 Å². The van der Waals surface area contributed by atoms with Gasteiger partial charge in [-0.3, -0.25) is 14.4 Å². The number of thioether (sulfide) groups is 1. The van der Waals surface area contributed by atoms with Crippen molar-refractivity contribution in [1.29, 1.82) is 0 Å². The molecule has 4 rings (SSSR count). The van der Waals surface area contributed by atoms with Crippen LogP contribution in [0.1, 0.15) is 15.9 Å². The SMILES string of the molecule is Cc1cccc(C(=O)N2CCN3C(=O)C4CSCN4C(=O)C3C2)c1. The van der Waals surface area contributed by atoms with Crippen molar-refractivity contribution in [2.75, 3.05) is 31.3 Å². The van der Waals surface area contributed by atoms with Crippen LogP contribution in [0.2, 0.25) is 0 Å². The Labute approximate surface area is 144 Å². The molecule has 0 saturated carbocycles. The van der Waals surface area contributed by atoms with Crippen molar-refractivity contribution in [2.24, 2.45) is 0 Å². The molecule has 24 heavy (non-hydrogen) atoms. The van der Waals surface area contributed by atoms with Gasteiger partial charge in [-0.15, -0.1) is 11.8 Å². The summed E-state index contributed by atoms with van der Waals surface area (Å²) in [5.74, 6) is 1.20. The summed E-state index contributed by atoms with van der Waals surface area (Å²) in [6.45, 7) is 3.14. The van der Waals surface area contributed by atoms with Gasteiger partial charge in [0.15, 0.2) is 0 Å². The summed E-state index contributed by atoms with van der Waals surface area (Å²) >= 11 is 1.62. The molecule has 0 N–H and O–H groups in total. The van der Waals surface area contributed by atoms with Gasteiger partial charge in [-0.1, -0.05) is 17.7 Å². The Morgan fingerprint density at radius 3 is 2.71 bits per heavy atom. The van der Waals surface area contributed by atoms with Crippen LogP contribution in [0.5, 0.6) is 0 Å². The van der Waals surface area contributed by atoms with Crippen molar-refractivity contribution in [1.82, 2.24) is 14.7 Å². The van der Waals surface area contributed by atoms with Crippen molar-refractivity contribution >= 4 is 29.5 Å². The molecule has 3 amide bonds. The molecule has 1 aromatic rings. The van der Waals surface area contributed by atoms with E-state index in [2.05, 4.69) is 0 Å². The van der Waals surface area contributed by atoms with E-state index in [0.29, 0.717) is 30.3 Å². The van der Waals surface area contributed by atoms with E-state index in [9.17, 15) is 14.4 Å². The fourth-order valence-electron chi connectivity index (χ4n) is 3.65. The van der Waals surface area contributed by atoms with E-state index in [-0.39, 0.29) is 30.3 Å². The van der Waals surface area contributed by atoms with Gasteiger partial charge in [-0.05, 0) is 19.1 Å². The van der Waals surface area contributed by atoms with Gasteiger partial charge >= 0.3 is 0 Å². The summed E-state index contributed by atoms with van der Waals surface area (Å²) in [5, 5.41) is 0. The molecule has 0 bridgehead atoms. The average molecular weight is 345 g/mol. The fourth-order valence-corrected chi connectivity index (χ4v) is 4.81. The normalized spacial score (nSPS) is 26.5. The molecule has 0 spiro atoms. The highest BCUT2D eigenvalue weighted by molar-refractivity contribution is 7.99. The molecule has 7 heteroatoms. The Balaban J connectivity index is 1.55. The lowest BCUT2D eigenvalue weighted by Crippen LogP contribution is -2.69. The Kier molecular flexibility index (Phi) is 3.75. The number of hydrogen-bond acceptors (Lipinski definition) is 4. The lowest BCUT2D eigenvalue weighted by molar-refractivity contribution is -0.161. The van der Waals surface area contributed by atoms with E-state index in [4.69, 9.17) is 0 Å². The molecule has 3 saturated heterocycles. The summed E-state index contributed by atoms with van der Waals surface area (Å²) in [6, 6.07) is 6.62. The molecule has 0 radical (unpaired) electrons. The first-order chi connectivity index (χ1) is 11.6. The Hall–Kier alpha value is -2.02. The van der Waals surface area contributed by atoms with Gasteiger partial charge in [0, 0.05) is 24.4 Å². The van der Waals surface area contributed by atoms with Crippen LogP contribution in [-0.4, -0.2) is 75.8 Å². The summed E-state index contributed by atoms with van der Waals surface area (Å²) in [6.07, 6.45) is 0. The van der Waals surface area contributed by atoms with Gasteiger partial charge in [-0.25, -0.2) is 0 Å². The maximum atomic E-state index is 12.7. The van der Waals surface area contributed by atoms with E-state index in [1.165, 1.54) is 0 Å². The number of nitrogens with zero attached hydrogens (tertiary/aromatic N) is 3. The summed E-state index contributed by atoms with van der Waals surface area (Å²) in [4.78, 5) is 43.1. The maximum Gasteiger partial charge on any atom is 0.254 e. The third kappa shape index (κ3) is 2.38. The zero-order valence-corrected chi connectivity index (χ0v) is 14.3. The molecule has 0 aromatic heterocycles. The van der Waals surface area contributed by atoms with Gasteiger partial charge in [0.25, 0.3) is 5.91 Å². The van der Waals surface area contributed by atoms with Crippen molar-refractivity contribution in [3.8, 4) is 0 Å². The fraction of sp³-hybridized carbons (Fsp3) is 0.471. The zero-order valence-electron chi connectivity index (χ0n) is 13.5. The molecule has 126 valence electrons. The average Bonchev–Trinajstić information content (AvgIpc) is 3.09. The van der Waals surface area contributed by atoms with Crippen LogP contribution >= 0.6 is 11.8 Å². The molecule has 3 aliphatic rings. The largest absolute Gasteiger partial charge is 0.334 e. The van der Waals surface area contributed by atoms with E-state index in [1.54, 1.807) is 32.5 Å². The first kappa shape index (κ1) is 15.5. The molecule has 3 heterocycles. The number of fused-ring (bicyclic) bond motifs is 2. The van der Waals surface area contributed by atoms with Crippen molar-refractivity contribution in [3.05, 3.63) is 35.4 Å². The monoisotopic (exact) mass is 345 g/mol. The number of piperazine rings is 2. The first-order valence-corrected chi connectivity index (χ1v) is 9.26. The highest BCUT2D eigenvalue weighted by Gasteiger charge is 2.50. The van der Waals surface area contributed by atoms with Crippen LogP contribution in [0, 0.1) is 6.92 Å². The van der Waals surface area contributed by atoms with Gasteiger partial charge in [0.05, 0.1) is 12.4 Å². The van der Waals surface area contributed by atoms with E-state index in [0.717, 1.165) is 5.56 Å². The Morgan fingerprint density at radius 1 is 1.12 bits per heavy atom. The van der Waals surface area contributed by atoms with E-state index >= 15 is 0 Å². The summed E-state index contributed by atoms with van der Waals surface area (Å²) < 4.78 is 0. The smallest absolute Gasteiger partial charge is 0.254 e. The second kappa shape index (κ2) is 5.81. The maximum absolute atomic E-state index is 12.7. The molecule has 3 fully saturated rings. The Bertz CT molecular complexity index is 723.